The number of carboxylic acids is 1. The van der Waals surface area contributed by atoms with E-state index in [4.69, 9.17) is 9.90 Å². The third-order valence-corrected chi connectivity index (χ3v) is 5.33. The smallest absolute Gasteiger partial charge is 0.475 e. The van der Waals surface area contributed by atoms with Crippen LogP contribution in [0.4, 0.5) is 13.2 Å². The second kappa shape index (κ2) is 9.33. The Hall–Kier alpha value is -3.50. The number of hydrogen-bond acceptors (Lipinski definition) is 5. The maximum absolute atomic E-state index is 12.8. The second-order valence-corrected chi connectivity index (χ2v) is 7.47. The first-order chi connectivity index (χ1) is 15.1. The van der Waals surface area contributed by atoms with E-state index in [9.17, 15) is 22.8 Å². The van der Waals surface area contributed by atoms with Crippen LogP contribution in [0.5, 0.6) is 0 Å². The van der Waals surface area contributed by atoms with Crippen molar-refractivity contribution in [3.63, 3.8) is 0 Å². The maximum atomic E-state index is 12.8. The van der Waals surface area contributed by atoms with E-state index in [-0.39, 0.29) is 23.9 Å². The van der Waals surface area contributed by atoms with E-state index in [0.717, 1.165) is 17.7 Å². The van der Waals surface area contributed by atoms with Gasteiger partial charge < -0.3 is 14.9 Å². The Kier molecular flexibility index (Phi) is 6.75. The van der Waals surface area contributed by atoms with Gasteiger partial charge in [-0.25, -0.2) is 9.78 Å². The molecule has 0 unspecified atom stereocenters. The van der Waals surface area contributed by atoms with E-state index in [1.165, 1.54) is 0 Å². The lowest BCUT2D eigenvalue weighted by Crippen LogP contribution is -2.40. The molecule has 2 aromatic heterocycles. The van der Waals surface area contributed by atoms with Gasteiger partial charge in [0.15, 0.2) is 0 Å². The lowest BCUT2D eigenvalue weighted by atomic mass is 10.1. The molecule has 0 radical (unpaired) electrons. The van der Waals surface area contributed by atoms with Gasteiger partial charge in [-0.1, -0.05) is 6.07 Å². The minimum Gasteiger partial charge on any atom is -0.475 e. The number of rotatable bonds is 3. The summed E-state index contributed by atoms with van der Waals surface area (Å²) in [5, 5.41) is 7.12. The van der Waals surface area contributed by atoms with Crippen molar-refractivity contribution >= 4 is 17.8 Å². The molecule has 2 amide bonds. The fraction of sp³-hybridized carbons (Fsp3) is 0.381. The van der Waals surface area contributed by atoms with E-state index in [1.807, 2.05) is 41.0 Å². The maximum Gasteiger partial charge on any atom is 0.490 e. The number of pyridine rings is 2. The normalized spacial score (nSPS) is 19.9. The SMILES string of the molecule is Cc1cccc(C(=O)N2CC[C@H]3[C@H]2CC(=O)N3Cc2ccncc2)n1.O=C(O)C(F)(F)F. The number of aliphatic carboxylic acids is 1. The van der Waals surface area contributed by atoms with Crippen LogP contribution in [0.3, 0.4) is 0 Å². The van der Waals surface area contributed by atoms with Crippen molar-refractivity contribution in [1.82, 2.24) is 19.8 Å². The Morgan fingerprint density at radius 2 is 1.81 bits per heavy atom. The van der Waals surface area contributed by atoms with Crippen LogP contribution in [-0.2, 0) is 16.1 Å². The van der Waals surface area contributed by atoms with Gasteiger partial charge in [0.2, 0.25) is 5.91 Å². The predicted molar refractivity (Wildman–Crippen MR) is 105 cm³/mol. The van der Waals surface area contributed by atoms with Crippen LogP contribution >= 0.6 is 0 Å². The van der Waals surface area contributed by atoms with E-state index < -0.39 is 12.1 Å². The number of amides is 2. The topological polar surface area (TPSA) is 104 Å². The number of likely N-dealkylation sites (tertiary alicyclic amines) is 2. The molecule has 11 heteroatoms. The van der Waals surface area contributed by atoms with Gasteiger partial charge in [-0.05, 0) is 43.2 Å². The number of aromatic nitrogens is 2. The van der Waals surface area contributed by atoms with Crippen LogP contribution in [0, 0.1) is 6.92 Å². The van der Waals surface area contributed by atoms with Crippen molar-refractivity contribution < 1.29 is 32.7 Å². The standard InChI is InChI=1S/C19H20N4O2.C2HF3O2/c1-13-3-2-4-15(21-13)19(25)22-10-7-16-17(22)11-18(24)23(16)12-14-5-8-20-9-6-14;3-2(4,5)1(6)7/h2-6,8-9,16-17H,7,10-12H2,1H3;(H,6,7)/t16-,17+;/m0./s1. The molecule has 4 heterocycles. The van der Waals surface area contributed by atoms with Crippen molar-refractivity contribution in [1.29, 1.82) is 0 Å². The first kappa shape index (κ1) is 23.2. The summed E-state index contributed by atoms with van der Waals surface area (Å²) in [7, 11) is 0. The zero-order valence-electron chi connectivity index (χ0n) is 17.1. The van der Waals surface area contributed by atoms with Gasteiger partial charge in [0.05, 0.1) is 12.1 Å². The highest BCUT2D eigenvalue weighted by Crippen LogP contribution is 2.34. The van der Waals surface area contributed by atoms with Crippen LogP contribution in [0.2, 0.25) is 0 Å². The van der Waals surface area contributed by atoms with Gasteiger partial charge >= 0.3 is 12.1 Å². The summed E-state index contributed by atoms with van der Waals surface area (Å²) in [6.07, 6.45) is -0.394. The molecule has 1 N–H and O–H groups in total. The summed E-state index contributed by atoms with van der Waals surface area (Å²) >= 11 is 0. The van der Waals surface area contributed by atoms with Crippen LogP contribution in [0.25, 0.3) is 0 Å². The van der Waals surface area contributed by atoms with E-state index in [2.05, 4.69) is 9.97 Å². The molecule has 0 aromatic carbocycles. The first-order valence-corrected chi connectivity index (χ1v) is 9.81. The molecule has 0 aliphatic carbocycles. The number of carboxylic acid groups (broad SMARTS) is 1. The molecular weight excluding hydrogens is 429 g/mol. The third-order valence-electron chi connectivity index (χ3n) is 5.33. The molecule has 8 nitrogen and oxygen atoms in total. The quantitative estimate of drug-likeness (QED) is 0.771. The molecule has 0 spiro atoms. The van der Waals surface area contributed by atoms with Crippen molar-refractivity contribution in [2.75, 3.05) is 6.54 Å². The number of hydrogen-bond donors (Lipinski definition) is 1. The zero-order chi connectivity index (χ0) is 23.5. The van der Waals surface area contributed by atoms with Gasteiger partial charge in [-0.15, -0.1) is 0 Å². The average molecular weight is 450 g/mol. The number of aryl methyl sites for hydroxylation is 1. The molecule has 0 bridgehead atoms. The van der Waals surface area contributed by atoms with Crippen molar-refractivity contribution in [2.45, 2.75) is 44.6 Å². The number of nitrogens with zero attached hydrogens (tertiary/aromatic N) is 4. The lowest BCUT2D eigenvalue weighted by molar-refractivity contribution is -0.192. The molecule has 2 atom stereocenters. The van der Waals surface area contributed by atoms with Gasteiger partial charge in [-0.3, -0.25) is 14.6 Å². The molecular formula is C21H21F3N4O4. The molecule has 2 aliphatic heterocycles. The summed E-state index contributed by atoms with van der Waals surface area (Å²) in [5.41, 5.74) is 2.35. The zero-order valence-corrected chi connectivity index (χ0v) is 17.1. The number of carbonyl (C=O) groups excluding carboxylic acids is 2. The monoisotopic (exact) mass is 450 g/mol. The van der Waals surface area contributed by atoms with Gasteiger partial charge in [0, 0.05) is 37.6 Å². The van der Waals surface area contributed by atoms with Crippen LogP contribution in [0.1, 0.15) is 34.6 Å². The largest absolute Gasteiger partial charge is 0.490 e. The molecule has 2 aromatic rings. The van der Waals surface area contributed by atoms with E-state index in [1.54, 1.807) is 18.5 Å². The van der Waals surface area contributed by atoms with Crippen LogP contribution in [-0.4, -0.2) is 67.5 Å². The van der Waals surface area contributed by atoms with E-state index >= 15 is 0 Å². The summed E-state index contributed by atoms with van der Waals surface area (Å²) < 4.78 is 31.7. The Morgan fingerprint density at radius 1 is 1.16 bits per heavy atom. The average Bonchev–Trinajstić information content (AvgIpc) is 3.27. The molecule has 2 saturated heterocycles. The van der Waals surface area contributed by atoms with Crippen LogP contribution in [0.15, 0.2) is 42.7 Å². The highest BCUT2D eigenvalue weighted by molar-refractivity contribution is 5.94. The summed E-state index contributed by atoms with van der Waals surface area (Å²) in [6, 6.07) is 9.36. The van der Waals surface area contributed by atoms with Gasteiger partial charge in [0.1, 0.15) is 5.69 Å². The predicted octanol–water partition coefficient (Wildman–Crippen LogP) is 2.43. The number of halogens is 3. The summed E-state index contributed by atoms with van der Waals surface area (Å²) in [4.78, 5) is 46.3. The van der Waals surface area contributed by atoms with Gasteiger partial charge in [0.25, 0.3) is 5.91 Å². The van der Waals surface area contributed by atoms with Crippen LogP contribution < -0.4 is 0 Å². The minimum atomic E-state index is -5.08. The van der Waals surface area contributed by atoms with Crippen molar-refractivity contribution in [2.24, 2.45) is 0 Å². The molecule has 0 saturated carbocycles. The van der Waals surface area contributed by atoms with Crippen molar-refractivity contribution in [3.8, 4) is 0 Å². The Labute approximate surface area is 181 Å². The fourth-order valence-electron chi connectivity index (χ4n) is 3.88. The minimum absolute atomic E-state index is 0.0517. The fourth-order valence-corrected chi connectivity index (χ4v) is 3.88. The Balaban J connectivity index is 0.000000360. The lowest BCUT2D eigenvalue weighted by Gasteiger charge is -2.25. The van der Waals surface area contributed by atoms with Gasteiger partial charge in [-0.2, -0.15) is 13.2 Å². The number of alkyl halides is 3. The number of fused-ring (bicyclic) bond motifs is 1. The highest BCUT2D eigenvalue weighted by Gasteiger charge is 2.48. The Morgan fingerprint density at radius 3 is 2.41 bits per heavy atom. The molecule has 2 fully saturated rings. The second-order valence-electron chi connectivity index (χ2n) is 7.47. The molecule has 32 heavy (non-hydrogen) atoms. The van der Waals surface area contributed by atoms with E-state index in [0.29, 0.717) is 25.2 Å². The third kappa shape index (κ3) is 5.21. The molecule has 4 rings (SSSR count). The number of carbonyl (C=O) groups is 3. The molecule has 170 valence electrons. The highest BCUT2D eigenvalue weighted by atomic mass is 19.4. The van der Waals surface area contributed by atoms with Crippen molar-refractivity contribution in [3.05, 3.63) is 59.7 Å². The Bertz CT molecular complexity index is 1000. The summed E-state index contributed by atoms with van der Waals surface area (Å²) in [5.74, 6) is -2.72. The summed E-state index contributed by atoms with van der Waals surface area (Å²) in [6.45, 7) is 3.12. The first-order valence-electron chi connectivity index (χ1n) is 9.81. The molecule has 2 aliphatic rings.